The number of carbonyl (C=O) groups excluding carboxylic acids is 1. The molecule has 0 aliphatic heterocycles. The van der Waals surface area contributed by atoms with Crippen LogP contribution in [0.3, 0.4) is 0 Å². The molecule has 1 fully saturated rings. The van der Waals surface area contributed by atoms with Crippen molar-refractivity contribution in [3.05, 3.63) is 39.4 Å². The molecule has 1 N–H and O–H groups in total. The molecule has 1 amide bonds. The van der Waals surface area contributed by atoms with Crippen molar-refractivity contribution in [3.63, 3.8) is 0 Å². The lowest BCUT2D eigenvalue weighted by Gasteiger charge is -2.57. The molecule has 0 heterocycles. The van der Waals surface area contributed by atoms with Gasteiger partial charge in [-0.2, -0.15) is 0 Å². The van der Waals surface area contributed by atoms with Gasteiger partial charge in [-0.25, -0.2) is 4.79 Å². The summed E-state index contributed by atoms with van der Waals surface area (Å²) in [6.45, 7) is 4.10. The van der Waals surface area contributed by atoms with Gasteiger partial charge in [0.25, 0.3) is 11.6 Å². The number of non-ortho nitro benzene ring substituents is 1. The zero-order valence-electron chi connectivity index (χ0n) is 15.4. The molecule has 0 bridgehead atoms. The lowest BCUT2D eigenvalue weighted by Crippen LogP contribution is -2.64. The largest absolute Gasteiger partial charge is 0.478 e. The van der Waals surface area contributed by atoms with Crippen LogP contribution in [-0.4, -0.2) is 53.1 Å². The maximum Gasteiger partial charge on any atom is 0.335 e. The number of carbonyl (C=O) groups is 2. The van der Waals surface area contributed by atoms with Gasteiger partial charge in [0, 0.05) is 43.3 Å². The van der Waals surface area contributed by atoms with Crippen molar-refractivity contribution >= 4 is 17.6 Å². The molecule has 2 rings (SSSR count). The van der Waals surface area contributed by atoms with Crippen LogP contribution in [0.4, 0.5) is 5.69 Å². The summed E-state index contributed by atoms with van der Waals surface area (Å²) in [7, 11) is 3.31. The Morgan fingerprint density at radius 1 is 1.31 bits per heavy atom. The molecular formula is C18H24N2O6. The Morgan fingerprint density at radius 3 is 2.35 bits per heavy atom. The number of hydrogen-bond acceptors (Lipinski definition) is 5. The molecule has 2 unspecified atom stereocenters. The van der Waals surface area contributed by atoms with E-state index in [0.29, 0.717) is 6.42 Å². The lowest BCUT2D eigenvalue weighted by atomic mass is 9.58. The maximum atomic E-state index is 12.9. The molecular weight excluding hydrogens is 340 g/mol. The minimum absolute atomic E-state index is 0.000993. The van der Waals surface area contributed by atoms with E-state index in [2.05, 4.69) is 13.8 Å². The van der Waals surface area contributed by atoms with Gasteiger partial charge in [-0.1, -0.05) is 13.8 Å². The first-order valence-electron chi connectivity index (χ1n) is 8.54. The molecule has 0 aromatic heterocycles. The highest BCUT2D eigenvalue weighted by Crippen LogP contribution is 2.51. The Hall–Kier alpha value is -2.48. The van der Waals surface area contributed by atoms with Crippen molar-refractivity contribution in [1.82, 2.24) is 4.90 Å². The number of nitro groups is 1. The van der Waals surface area contributed by atoms with Crippen LogP contribution in [0.5, 0.6) is 0 Å². The number of methoxy groups -OCH3 is 1. The summed E-state index contributed by atoms with van der Waals surface area (Å²) in [5.41, 5.74) is -0.866. The summed E-state index contributed by atoms with van der Waals surface area (Å²) >= 11 is 0. The minimum Gasteiger partial charge on any atom is -0.478 e. The third kappa shape index (κ3) is 3.16. The number of rotatable bonds is 7. The number of hydrogen-bond donors (Lipinski definition) is 1. The van der Waals surface area contributed by atoms with Crippen LogP contribution >= 0.6 is 0 Å². The molecule has 2 atom stereocenters. The second kappa shape index (κ2) is 7.41. The van der Waals surface area contributed by atoms with E-state index in [-0.39, 0.29) is 28.7 Å². The van der Waals surface area contributed by atoms with Crippen LogP contribution in [-0.2, 0) is 4.74 Å². The molecule has 0 saturated heterocycles. The lowest BCUT2D eigenvalue weighted by molar-refractivity contribution is -0.384. The zero-order chi connectivity index (χ0) is 19.6. The van der Waals surface area contributed by atoms with Crippen molar-refractivity contribution in [2.75, 3.05) is 14.2 Å². The molecule has 0 spiro atoms. The van der Waals surface area contributed by atoms with Gasteiger partial charge in [-0.3, -0.25) is 14.9 Å². The van der Waals surface area contributed by atoms with Gasteiger partial charge in [-0.15, -0.1) is 0 Å². The van der Waals surface area contributed by atoms with Crippen LogP contribution in [0.25, 0.3) is 0 Å². The van der Waals surface area contributed by atoms with Crippen LogP contribution in [0.2, 0.25) is 0 Å². The molecule has 1 aliphatic carbocycles. The minimum atomic E-state index is -1.31. The summed E-state index contributed by atoms with van der Waals surface area (Å²) in [5.74, 6) is -1.74. The van der Waals surface area contributed by atoms with Crippen LogP contribution in [0.1, 0.15) is 53.8 Å². The predicted octanol–water partition coefficient (Wildman–Crippen LogP) is 2.96. The van der Waals surface area contributed by atoms with Gasteiger partial charge in [-0.05, 0) is 25.3 Å². The van der Waals surface area contributed by atoms with E-state index < -0.39 is 22.5 Å². The molecule has 0 radical (unpaired) electrons. The maximum absolute atomic E-state index is 12.9. The van der Waals surface area contributed by atoms with E-state index in [1.54, 1.807) is 19.1 Å². The van der Waals surface area contributed by atoms with Crippen LogP contribution in [0, 0.1) is 15.5 Å². The summed E-state index contributed by atoms with van der Waals surface area (Å²) < 4.78 is 5.55. The highest BCUT2D eigenvalue weighted by molar-refractivity contribution is 5.98. The van der Waals surface area contributed by atoms with Crippen molar-refractivity contribution in [3.8, 4) is 0 Å². The Morgan fingerprint density at radius 2 is 1.88 bits per heavy atom. The normalized spacial score (nSPS) is 20.9. The second-order valence-electron chi connectivity index (χ2n) is 6.66. The second-order valence-corrected chi connectivity index (χ2v) is 6.66. The van der Waals surface area contributed by atoms with Crippen LogP contribution in [0.15, 0.2) is 18.2 Å². The van der Waals surface area contributed by atoms with Gasteiger partial charge in [0.2, 0.25) is 0 Å². The first-order chi connectivity index (χ1) is 12.2. The average Bonchev–Trinajstić information content (AvgIpc) is 2.61. The Labute approximate surface area is 151 Å². The third-order valence-corrected chi connectivity index (χ3v) is 5.75. The monoisotopic (exact) mass is 364 g/mol. The Balaban J connectivity index is 2.37. The Kier molecular flexibility index (Phi) is 5.65. The van der Waals surface area contributed by atoms with Crippen molar-refractivity contribution in [1.29, 1.82) is 0 Å². The van der Waals surface area contributed by atoms with E-state index in [1.807, 2.05) is 0 Å². The molecule has 142 valence electrons. The first-order valence-corrected chi connectivity index (χ1v) is 8.54. The van der Waals surface area contributed by atoms with Crippen molar-refractivity contribution < 1.29 is 24.4 Å². The number of carboxylic acids is 1. The first kappa shape index (κ1) is 19.8. The fraction of sp³-hybridized carbons (Fsp3) is 0.556. The number of nitro benzene ring substituents is 1. The van der Waals surface area contributed by atoms with Crippen molar-refractivity contribution in [2.24, 2.45) is 5.41 Å². The number of aromatic carboxylic acids is 1. The number of carboxylic acid groups (broad SMARTS) is 1. The highest BCUT2D eigenvalue weighted by Gasteiger charge is 2.55. The van der Waals surface area contributed by atoms with Gasteiger partial charge in [0.1, 0.15) is 0 Å². The molecule has 8 nitrogen and oxygen atoms in total. The van der Waals surface area contributed by atoms with E-state index in [9.17, 15) is 19.7 Å². The fourth-order valence-electron chi connectivity index (χ4n) is 4.09. The molecule has 26 heavy (non-hydrogen) atoms. The molecule has 8 heteroatoms. The number of benzene rings is 1. The summed E-state index contributed by atoms with van der Waals surface area (Å²) in [6, 6.07) is 3.19. The topological polar surface area (TPSA) is 110 Å². The number of ether oxygens (including phenoxy) is 1. The van der Waals surface area contributed by atoms with E-state index in [4.69, 9.17) is 9.84 Å². The average molecular weight is 364 g/mol. The van der Waals surface area contributed by atoms with Gasteiger partial charge in [0.15, 0.2) is 0 Å². The highest BCUT2D eigenvalue weighted by atomic mass is 16.6. The smallest absolute Gasteiger partial charge is 0.335 e. The quantitative estimate of drug-likeness (QED) is 0.588. The third-order valence-electron chi connectivity index (χ3n) is 5.75. The van der Waals surface area contributed by atoms with Gasteiger partial charge < -0.3 is 14.7 Å². The van der Waals surface area contributed by atoms with E-state index in [1.165, 1.54) is 6.07 Å². The van der Waals surface area contributed by atoms with Gasteiger partial charge >= 0.3 is 5.97 Å². The summed E-state index contributed by atoms with van der Waals surface area (Å²) in [4.78, 5) is 36.1. The fourth-order valence-corrected chi connectivity index (χ4v) is 4.09. The van der Waals surface area contributed by atoms with Crippen molar-refractivity contribution in [2.45, 2.75) is 45.3 Å². The molecule has 1 aromatic carbocycles. The van der Waals surface area contributed by atoms with Crippen LogP contribution < -0.4 is 0 Å². The molecule has 1 aliphatic rings. The number of nitrogens with zero attached hydrogens (tertiary/aromatic N) is 2. The van der Waals surface area contributed by atoms with Gasteiger partial charge in [0.05, 0.1) is 16.6 Å². The predicted molar refractivity (Wildman–Crippen MR) is 94.4 cm³/mol. The molecule has 1 aromatic rings. The SMILES string of the molecule is CCC1(CC)C(OC)CC1N(C)C(=O)c1cc(C(=O)O)cc([N+](=O)[O-])c1. The van der Waals surface area contributed by atoms with E-state index in [0.717, 1.165) is 25.0 Å². The number of amides is 1. The zero-order valence-corrected chi connectivity index (χ0v) is 15.4. The summed E-state index contributed by atoms with van der Waals surface area (Å²) in [5, 5.41) is 20.2. The molecule has 1 saturated carbocycles. The summed E-state index contributed by atoms with van der Waals surface area (Å²) in [6.07, 6.45) is 2.40. The Bertz CT molecular complexity index is 696. The standard InChI is InChI=1S/C18H24N2O6/c1-5-18(6-2)14(10-15(18)26-4)19(3)16(21)11-7-12(17(22)23)9-13(8-11)20(24)25/h7-9,14-15H,5-6,10H2,1-4H3,(H,22,23). The van der Waals surface area contributed by atoms with E-state index >= 15 is 0 Å².